The van der Waals surface area contributed by atoms with Crippen LogP contribution in [0.5, 0.6) is 5.75 Å². The van der Waals surface area contributed by atoms with Gasteiger partial charge in [0.1, 0.15) is 24.1 Å². The summed E-state index contributed by atoms with van der Waals surface area (Å²) in [4.78, 5) is 31.4. The van der Waals surface area contributed by atoms with Gasteiger partial charge < -0.3 is 14.4 Å². The Morgan fingerprint density at radius 2 is 1.88 bits per heavy atom. The Labute approximate surface area is 187 Å². The van der Waals surface area contributed by atoms with Crippen molar-refractivity contribution >= 4 is 22.4 Å². The normalized spacial score (nSPS) is 21.4. The Balaban J connectivity index is 1.25. The lowest BCUT2D eigenvalue weighted by Crippen LogP contribution is -2.36. The minimum atomic E-state index is 0.0955. The number of fused-ring (bicyclic) bond motifs is 1. The van der Waals surface area contributed by atoms with Gasteiger partial charge in [-0.25, -0.2) is 19.9 Å². The third kappa shape index (κ3) is 4.70. The maximum absolute atomic E-state index is 12.5. The van der Waals surface area contributed by atoms with Crippen molar-refractivity contribution in [3.05, 3.63) is 48.9 Å². The van der Waals surface area contributed by atoms with E-state index in [0.29, 0.717) is 18.0 Å². The molecule has 166 valence electrons. The summed E-state index contributed by atoms with van der Waals surface area (Å²) in [6, 6.07) is 5.90. The van der Waals surface area contributed by atoms with Gasteiger partial charge in [0.2, 0.25) is 0 Å². The molecule has 0 N–H and O–H groups in total. The van der Waals surface area contributed by atoms with E-state index < -0.39 is 0 Å². The second-order valence-electron chi connectivity index (χ2n) is 8.48. The Bertz CT molecular complexity index is 1060. The minimum Gasteiger partial charge on any atom is -0.490 e. The first-order valence-electron chi connectivity index (χ1n) is 11.3. The third-order valence-electron chi connectivity index (χ3n) is 6.38. The predicted octanol–water partition coefficient (Wildman–Crippen LogP) is 3.47. The van der Waals surface area contributed by atoms with Gasteiger partial charge in [-0.05, 0) is 43.7 Å². The Kier molecular flexibility index (Phi) is 6.20. The van der Waals surface area contributed by atoms with Gasteiger partial charge in [0.15, 0.2) is 5.78 Å². The zero-order chi connectivity index (χ0) is 21.8. The van der Waals surface area contributed by atoms with Gasteiger partial charge in [0, 0.05) is 43.7 Å². The van der Waals surface area contributed by atoms with Crippen LogP contribution in [0.1, 0.15) is 42.6 Å². The molecule has 3 heterocycles. The first-order valence-corrected chi connectivity index (χ1v) is 11.3. The molecule has 0 amide bonds. The maximum Gasteiger partial charge on any atom is 0.181 e. The third-order valence-corrected chi connectivity index (χ3v) is 6.38. The predicted molar refractivity (Wildman–Crippen MR) is 120 cm³/mol. The molecule has 1 aromatic carbocycles. The number of ketones is 1. The van der Waals surface area contributed by atoms with Crippen LogP contribution in [-0.2, 0) is 4.74 Å². The van der Waals surface area contributed by atoms with Crippen LogP contribution in [0.3, 0.4) is 0 Å². The topological polar surface area (TPSA) is 90.3 Å². The van der Waals surface area contributed by atoms with E-state index in [9.17, 15) is 4.79 Å². The number of morpholine rings is 1. The number of carbonyl (C=O) groups excluding carboxylic acids is 1. The second-order valence-corrected chi connectivity index (χ2v) is 8.48. The van der Waals surface area contributed by atoms with E-state index >= 15 is 0 Å². The number of hydrogen-bond acceptors (Lipinski definition) is 8. The van der Waals surface area contributed by atoms with E-state index in [1.54, 1.807) is 18.6 Å². The van der Waals surface area contributed by atoms with Crippen molar-refractivity contribution < 1.29 is 14.3 Å². The first kappa shape index (κ1) is 20.8. The van der Waals surface area contributed by atoms with Crippen LogP contribution >= 0.6 is 0 Å². The fourth-order valence-electron chi connectivity index (χ4n) is 4.60. The summed E-state index contributed by atoms with van der Waals surface area (Å²) in [6.07, 6.45) is 10.9. The average Bonchev–Trinajstić information content (AvgIpc) is 2.86. The molecule has 2 aliphatic rings. The molecule has 1 saturated carbocycles. The van der Waals surface area contributed by atoms with Crippen molar-refractivity contribution in [2.45, 2.75) is 38.2 Å². The number of aromatic nitrogens is 4. The van der Waals surface area contributed by atoms with Crippen molar-refractivity contribution in [3.8, 4) is 5.75 Å². The zero-order valence-electron chi connectivity index (χ0n) is 18.0. The van der Waals surface area contributed by atoms with Crippen LogP contribution in [0.4, 0.5) is 5.69 Å². The summed E-state index contributed by atoms with van der Waals surface area (Å²) in [7, 11) is 0. The van der Waals surface area contributed by atoms with E-state index in [2.05, 4.69) is 37.0 Å². The lowest BCUT2D eigenvalue weighted by Gasteiger charge is -2.31. The van der Waals surface area contributed by atoms with Gasteiger partial charge in [-0.15, -0.1) is 0 Å². The van der Waals surface area contributed by atoms with Gasteiger partial charge in [0.05, 0.1) is 30.2 Å². The number of carbonyl (C=O) groups is 1. The second kappa shape index (κ2) is 9.56. The van der Waals surface area contributed by atoms with E-state index in [-0.39, 0.29) is 11.9 Å². The van der Waals surface area contributed by atoms with Gasteiger partial charge in [-0.2, -0.15) is 0 Å². The lowest BCUT2D eigenvalue weighted by molar-refractivity contribution is 0.0899. The molecule has 3 aromatic rings. The van der Waals surface area contributed by atoms with Crippen molar-refractivity contribution in [1.29, 1.82) is 0 Å². The number of hydrogen-bond donors (Lipinski definition) is 0. The number of nitrogens with zero attached hydrogens (tertiary/aromatic N) is 5. The van der Waals surface area contributed by atoms with Crippen molar-refractivity contribution in [1.82, 2.24) is 19.9 Å². The molecule has 0 atom stereocenters. The molecule has 0 spiro atoms. The SMILES string of the molecule is O=C(CC1CCC(Oc2cc(N3CCOCC3)cc3ncncc23)CC1)c1ccncn1. The highest BCUT2D eigenvalue weighted by Gasteiger charge is 2.26. The van der Waals surface area contributed by atoms with Crippen LogP contribution in [0.15, 0.2) is 43.2 Å². The Morgan fingerprint density at radius 1 is 1.06 bits per heavy atom. The summed E-state index contributed by atoms with van der Waals surface area (Å²) in [6.45, 7) is 3.19. The van der Waals surface area contributed by atoms with E-state index in [1.807, 2.05) is 6.20 Å². The molecule has 0 radical (unpaired) electrons. The molecule has 5 rings (SSSR count). The maximum atomic E-state index is 12.5. The molecule has 1 aliphatic carbocycles. The van der Waals surface area contributed by atoms with Crippen LogP contribution in [0, 0.1) is 5.92 Å². The summed E-state index contributed by atoms with van der Waals surface area (Å²) in [5.41, 5.74) is 2.51. The van der Waals surface area contributed by atoms with E-state index in [4.69, 9.17) is 9.47 Å². The van der Waals surface area contributed by atoms with Gasteiger partial charge >= 0.3 is 0 Å². The van der Waals surface area contributed by atoms with Gasteiger partial charge in [-0.3, -0.25) is 4.79 Å². The van der Waals surface area contributed by atoms with Crippen molar-refractivity contribution in [3.63, 3.8) is 0 Å². The minimum absolute atomic E-state index is 0.0955. The standard InChI is InChI=1S/C24H27N5O3/c30-23(21-5-6-25-15-27-21)11-17-1-3-19(4-2-17)32-24-13-18(29-7-9-31-10-8-29)12-22-20(24)14-26-16-28-22/h5-6,12-17,19H,1-4,7-11H2. The molecule has 2 aromatic heterocycles. The molecular formula is C24H27N5O3. The average molecular weight is 434 g/mol. The molecule has 8 heteroatoms. The zero-order valence-corrected chi connectivity index (χ0v) is 18.0. The number of rotatable bonds is 6. The molecule has 1 saturated heterocycles. The van der Waals surface area contributed by atoms with Crippen LogP contribution < -0.4 is 9.64 Å². The fraction of sp³-hybridized carbons (Fsp3) is 0.458. The fourth-order valence-corrected chi connectivity index (χ4v) is 4.60. The quantitative estimate of drug-likeness (QED) is 0.546. The highest BCUT2D eigenvalue weighted by Crippen LogP contribution is 2.35. The lowest BCUT2D eigenvalue weighted by atomic mass is 9.84. The summed E-state index contributed by atoms with van der Waals surface area (Å²) < 4.78 is 12.0. The number of anilines is 1. The highest BCUT2D eigenvalue weighted by atomic mass is 16.5. The Morgan fingerprint density at radius 3 is 2.66 bits per heavy atom. The Hall–Kier alpha value is -3.13. The summed E-state index contributed by atoms with van der Waals surface area (Å²) >= 11 is 0. The number of benzene rings is 1. The van der Waals surface area contributed by atoms with Crippen LogP contribution in [0.2, 0.25) is 0 Å². The molecular weight excluding hydrogens is 406 g/mol. The molecule has 2 fully saturated rings. The number of ether oxygens (including phenoxy) is 2. The van der Waals surface area contributed by atoms with Gasteiger partial charge in [-0.1, -0.05) is 0 Å². The molecule has 32 heavy (non-hydrogen) atoms. The molecule has 0 unspecified atom stereocenters. The first-order chi connectivity index (χ1) is 15.8. The molecule has 1 aliphatic heterocycles. The largest absolute Gasteiger partial charge is 0.490 e. The number of Topliss-reactive ketones (excluding diaryl/α,β-unsaturated/α-hetero) is 1. The van der Waals surface area contributed by atoms with E-state index in [1.165, 1.54) is 6.33 Å². The van der Waals surface area contributed by atoms with Crippen molar-refractivity contribution in [2.75, 3.05) is 31.2 Å². The van der Waals surface area contributed by atoms with E-state index in [0.717, 1.165) is 74.3 Å². The summed E-state index contributed by atoms with van der Waals surface area (Å²) in [5, 5.41) is 0.936. The smallest absolute Gasteiger partial charge is 0.181 e. The van der Waals surface area contributed by atoms with Crippen LogP contribution in [0.25, 0.3) is 10.9 Å². The summed E-state index contributed by atoms with van der Waals surface area (Å²) in [5.74, 6) is 1.31. The molecule has 0 bridgehead atoms. The molecule has 8 nitrogen and oxygen atoms in total. The monoisotopic (exact) mass is 433 g/mol. The highest BCUT2D eigenvalue weighted by molar-refractivity contribution is 5.94. The van der Waals surface area contributed by atoms with Gasteiger partial charge in [0.25, 0.3) is 0 Å². The van der Waals surface area contributed by atoms with Crippen LogP contribution in [-0.4, -0.2) is 58.1 Å². The van der Waals surface area contributed by atoms with Crippen molar-refractivity contribution in [2.24, 2.45) is 5.92 Å².